The molecule has 0 bridgehead atoms. The fourth-order valence-electron chi connectivity index (χ4n) is 3.99. The van der Waals surface area contributed by atoms with Crippen LogP contribution in [0.4, 0.5) is 0 Å². The summed E-state index contributed by atoms with van der Waals surface area (Å²) >= 11 is 12.5. The molecule has 0 unspecified atom stereocenters. The van der Waals surface area contributed by atoms with Gasteiger partial charge < -0.3 is 15.0 Å². The molecular weight excluding hydrogens is 495 g/mol. The van der Waals surface area contributed by atoms with Crippen molar-refractivity contribution in [1.29, 1.82) is 0 Å². The summed E-state index contributed by atoms with van der Waals surface area (Å²) in [6.07, 6.45) is 0.343. The van der Waals surface area contributed by atoms with E-state index in [1.807, 2.05) is 54.6 Å². The van der Waals surface area contributed by atoms with Crippen LogP contribution in [0.3, 0.4) is 0 Å². The summed E-state index contributed by atoms with van der Waals surface area (Å²) in [4.78, 5) is 28.2. The first kappa shape index (κ1) is 27.6. The van der Waals surface area contributed by atoms with Crippen molar-refractivity contribution in [1.82, 2.24) is 10.2 Å². The number of nitrogens with zero attached hydrogens (tertiary/aromatic N) is 1. The molecule has 0 heterocycles. The van der Waals surface area contributed by atoms with E-state index in [1.165, 1.54) is 4.90 Å². The van der Waals surface area contributed by atoms with Gasteiger partial charge in [-0.25, -0.2) is 0 Å². The highest BCUT2D eigenvalue weighted by molar-refractivity contribution is 6.35. The number of para-hydroxylation sites is 1. The molecule has 190 valence electrons. The Bertz CT molecular complexity index is 1190. The van der Waals surface area contributed by atoms with Crippen LogP contribution in [0.1, 0.15) is 37.5 Å². The van der Waals surface area contributed by atoms with E-state index in [-0.39, 0.29) is 30.4 Å². The quantitative estimate of drug-likeness (QED) is 0.368. The SMILES string of the molecule is CNC(=O)[C@H](Cc1ccccc1)N(Cc1ccc(Cl)cc1Cl)C(=O)COc1ccccc1C(C)(C)C. The third kappa shape index (κ3) is 7.25. The Kier molecular flexibility index (Phi) is 9.41. The summed E-state index contributed by atoms with van der Waals surface area (Å²) in [5, 5.41) is 3.63. The average molecular weight is 527 g/mol. The maximum absolute atomic E-state index is 13.7. The van der Waals surface area contributed by atoms with Crippen LogP contribution in [0.5, 0.6) is 5.75 Å². The minimum absolute atomic E-state index is 0.129. The largest absolute Gasteiger partial charge is 0.483 e. The molecule has 3 aromatic carbocycles. The van der Waals surface area contributed by atoms with E-state index in [0.29, 0.717) is 27.8 Å². The molecule has 3 aromatic rings. The first-order chi connectivity index (χ1) is 17.1. The molecule has 0 aliphatic heterocycles. The van der Waals surface area contributed by atoms with E-state index in [2.05, 4.69) is 26.1 Å². The first-order valence-electron chi connectivity index (χ1n) is 11.8. The molecule has 0 saturated heterocycles. The molecule has 0 radical (unpaired) electrons. The van der Waals surface area contributed by atoms with Gasteiger partial charge in [0.15, 0.2) is 6.61 Å². The predicted octanol–water partition coefficient (Wildman–Crippen LogP) is 6.06. The van der Waals surface area contributed by atoms with Crippen molar-refractivity contribution in [3.05, 3.63) is 99.5 Å². The molecule has 1 atom stereocenters. The highest BCUT2D eigenvalue weighted by atomic mass is 35.5. The van der Waals surface area contributed by atoms with Crippen molar-refractivity contribution in [2.45, 2.75) is 45.2 Å². The number of amides is 2. The van der Waals surface area contributed by atoms with Gasteiger partial charge >= 0.3 is 0 Å². The minimum atomic E-state index is -0.766. The van der Waals surface area contributed by atoms with Gasteiger partial charge in [-0.15, -0.1) is 0 Å². The Morgan fingerprint density at radius 1 is 0.972 bits per heavy atom. The Morgan fingerprint density at radius 2 is 1.64 bits per heavy atom. The van der Waals surface area contributed by atoms with Gasteiger partial charge in [0.1, 0.15) is 11.8 Å². The van der Waals surface area contributed by atoms with Crippen LogP contribution in [0.15, 0.2) is 72.8 Å². The zero-order chi connectivity index (χ0) is 26.3. The molecule has 0 aromatic heterocycles. The normalized spacial score (nSPS) is 12.1. The third-order valence-corrected chi connectivity index (χ3v) is 6.51. The number of likely N-dealkylation sites (N-methyl/N-ethyl adjacent to an activating group) is 1. The standard InChI is InChI=1S/C29H32Cl2N2O3/c1-29(2,3)23-12-8-9-13-26(23)36-19-27(34)33(18-21-14-15-22(30)17-24(21)31)25(28(35)32-4)16-20-10-6-5-7-11-20/h5-15,17,25H,16,18-19H2,1-4H3,(H,32,35)/t25-/m0/s1. The Labute approximate surface area is 223 Å². The van der Waals surface area contributed by atoms with Crippen molar-refractivity contribution in [3.8, 4) is 5.75 Å². The molecule has 3 rings (SSSR count). The number of benzene rings is 3. The lowest BCUT2D eigenvalue weighted by Crippen LogP contribution is -2.51. The second kappa shape index (κ2) is 12.3. The van der Waals surface area contributed by atoms with Gasteiger partial charge in [0.2, 0.25) is 5.91 Å². The molecule has 0 aliphatic carbocycles. The fourth-order valence-corrected chi connectivity index (χ4v) is 4.46. The van der Waals surface area contributed by atoms with Gasteiger partial charge in [0.05, 0.1) is 0 Å². The lowest BCUT2D eigenvalue weighted by atomic mass is 9.86. The van der Waals surface area contributed by atoms with Gasteiger partial charge in [0, 0.05) is 30.1 Å². The van der Waals surface area contributed by atoms with E-state index in [1.54, 1.807) is 25.2 Å². The fraction of sp³-hybridized carbons (Fsp3) is 0.310. The van der Waals surface area contributed by atoms with Gasteiger partial charge in [-0.2, -0.15) is 0 Å². The van der Waals surface area contributed by atoms with Gasteiger partial charge in [-0.3, -0.25) is 9.59 Å². The van der Waals surface area contributed by atoms with E-state index in [0.717, 1.165) is 11.1 Å². The third-order valence-electron chi connectivity index (χ3n) is 5.92. The van der Waals surface area contributed by atoms with Crippen LogP contribution in [0, 0.1) is 0 Å². The smallest absolute Gasteiger partial charge is 0.261 e. The summed E-state index contributed by atoms with van der Waals surface area (Å²) in [5.74, 6) is 0.0454. The Morgan fingerprint density at radius 3 is 2.28 bits per heavy atom. The lowest BCUT2D eigenvalue weighted by Gasteiger charge is -2.31. The zero-order valence-corrected chi connectivity index (χ0v) is 22.6. The second-order valence-corrected chi connectivity index (χ2v) is 10.5. The average Bonchev–Trinajstić information content (AvgIpc) is 2.85. The number of hydrogen-bond acceptors (Lipinski definition) is 3. The van der Waals surface area contributed by atoms with Gasteiger partial charge in [-0.05, 0) is 40.3 Å². The van der Waals surface area contributed by atoms with Crippen LogP contribution >= 0.6 is 23.2 Å². The molecule has 0 spiro atoms. The van der Waals surface area contributed by atoms with Gasteiger partial charge in [-0.1, -0.05) is 98.6 Å². The molecule has 1 N–H and O–H groups in total. The van der Waals surface area contributed by atoms with Gasteiger partial charge in [0.25, 0.3) is 5.91 Å². The number of carbonyl (C=O) groups is 2. The number of halogens is 2. The Hall–Kier alpha value is -3.02. The minimum Gasteiger partial charge on any atom is -0.483 e. The number of ether oxygens (including phenoxy) is 1. The summed E-state index contributed by atoms with van der Waals surface area (Å²) in [5.41, 5.74) is 2.46. The van der Waals surface area contributed by atoms with E-state index >= 15 is 0 Å². The number of nitrogens with one attached hydrogen (secondary N) is 1. The van der Waals surface area contributed by atoms with E-state index < -0.39 is 6.04 Å². The molecule has 5 nitrogen and oxygen atoms in total. The number of carbonyl (C=O) groups excluding carboxylic acids is 2. The second-order valence-electron chi connectivity index (χ2n) is 9.61. The van der Waals surface area contributed by atoms with Crippen molar-refractivity contribution in [3.63, 3.8) is 0 Å². The monoisotopic (exact) mass is 526 g/mol. The summed E-state index contributed by atoms with van der Waals surface area (Å²) in [7, 11) is 1.56. The highest BCUT2D eigenvalue weighted by Gasteiger charge is 2.31. The van der Waals surface area contributed by atoms with Crippen LogP contribution in [-0.4, -0.2) is 36.4 Å². The number of rotatable bonds is 9. The molecule has 0 aliphatic rings. The maximum atomic E-state index is 13.7. The highest BCUT2D eigenvalue weighted by Crippen LogP contribution is 2.31. The summed E-state index contributed by atoms with van der Waals surface area (Å²) < 4.78 is 6.03. The summed E-state index contributed by atoms with van der Waals surface area (Å²) in [6, 6.07) is 21.6. The van der Waals surface area contributed by atoms with Crippen LogP contribution < -0.4 is 10.1 Å². The van der Waals surface area contributed by atoms with Crippen molar-refractivity contribution >= 4 is 35.0 Å². The lowest BCUT2D eigenvalue weighted by molar-refractivity contribution is -0.142. The first-order valence-corrected chi connectivity index (χ1v) is 12.6. The summed E-state index contributed by atoms with van der Waals surface area (Å²) in [6.45, 7) is 6.18. The molecule has 2 amide bonds. The van der Waals surface area contributed by atoms with Crippen LogP contribution in [0.2, 0.25) is 10.0 Å². The van der Waals surface area contributed by atoms with Crippen molar-refractivity contribution < 1.29 is 14.3 Å². The number of hydrogen-bond donors (Lipinski definition) is 1. The van der Waals surface area contributed by atoms with Crippen LogP contribution in [-0.2, 0) is 28.0 Å². The van der Waals surface area contributed by atoms with E-state index in [4.69, 9.17) is 27.9 Å². The molecule has 7 heteroatoms. The van der Waals surface area contributed by atoms with Crippen LogP contribution in [0.25, 0.3) is 0 Å². The molecular formula is C29H32Cl2N2O3. The maximum Gasteiger partial charge on any atom is 0.261 e. The molecule has 36 heavy (non-hydrogen) atoms. The Balaban J connectivity index is 1.93. The van der Waals surface area contributed by atoms with E-state index in [9.17, 15) is 9.59 Å². The molecule has 0 saturated carbocycles. The van der Waals surface area contributed by atoms with Crippen molar-refractivity contribution in [2.75, 3.05) is 13.7 Å². The topological polar surface area (TPSA) is 58.6 Å². The molecule has 0 fully saturated rings. The predicted molar refractivity (Wildman–Crippen MR) is 146 cm³/mol. The zero-order valence-electron chi connectivity index (χ0n) is 21.1. The van der Waals surface area contributed by atoms with Crippen molar-refractivity contribution in [2.24, 2.45) is 0 Å².